The third-order valence-corrected chi connectivity index (χ3v) is 3.86. The molecule has 1 aromatic heterocycles. The summed E-state index contributed by atoms with van der Waals surface area (Å²) >= 11 is 0. The van der Waals surface area contributed by atoms with Crippen molar-refractivity contribution in [1.82, 2.24) is 14.9 Å². The predicted molar refractivity (Wildman–Crippen MR) is 98.8 cm³/mol. The molecule has 0 bridgehead atoms. The van der Waals surface area contributed by atoms with Crippen LogP contribution in [0.25, 0.3) is 11.3 Å². The SMILES string of the molecule is Cc1ccc(-c2cc(CN(C)C)nc(Cc3ccccc3)n2)cc1. The van der Waals surface area contributed by atoms with E-state index in [1.54, 1.807) is 0 Å². The zero-order valence-corrected chi connectivity index (χ0v) is 14.5. The number of nitrogens with zero attached hydrogens (tertiary/aromatic N) is 3. The van der Waals surface area contributed by atoms with Gasteiger partial charge in [-0.1, -0.05) is 60.2 Å². The van der Waals surface area contributed by atoms with E-state index in [4.69, 9.17) is 9.97 Å². The highest BCUT2D eigenvalue weighted by atomic mass is 15.1. The van der Waals surface area contributed by atoms with Crippen LogP contribution in [0.2, 0.25) is 0 Å². The van der Waals surface area contributed by atoms with E-state index in [2.05, 4.69) is 80.5 Å². The lowest BCUT2D eigenvalue weighted by molar-refractivity contribution is 0.396. The molecule has 3 rings (SSSR count). The van der Waals surface area contributed by atoms with Crippen LogP contribution in [0.4, 0.5) is 0 Å². The molecule has 0 amide bonds. The zero-order chi connectivity index (χ0) is 16.9. The van der Waals surface area contributed by atoms with Crippen molar-refractivity contribution >= 4 is 0 Å². The minimum absolute atomic E-state index is 0.751. The van der Waals surface area contributed by atoms with Gasteiger partial charge in [-0.2, -0.15) is 0 Å². The maximum Gasteiger partial charge on any atom is 0.133 e. The molecule has 0 unspecified atom stereocenters. The first-order chi connectivity index (χ1) is 11.6. The Morgan fingerprint density at radius 2 is 1.58 bits per heavy atom. The fraction of sp³-hybridized carbons (Fsp3) is 0.238. The van der Waals surface area contributed by atoms with Gasteiger partial charge in [0, 0.05) is 18.5 Å². The maximum absolute atomic E-state index is 4.81. The van der Waals surface area contributed by atoms with E-state index in [1.807, 2.05) is 6.07 Å². The van der Waals surface area contributed by atoms with Crippen LogP contribution in [0.3, 0.4) is 0 Å². The van der Waals surface area contributed by atoms with Crippen molar-refractivity contribution < 1.29 is 0 Å². The van der Waals surface area contributed by atoms with Crippen LogP contribution < -0.4 is 0 Å². The van der Waals surface area contributed by atoms with Gasteiger partial charge in [0.15, 0.2) is 0 Å². The summed E-state index contributed by atoms with van der Waals surface area (Å²) in [6, 6.07) is 21.0. The molecular formula is C21H23N3. The van der Waals surface area contributed by atoms with Crippen LogP contribution >= 0.6 is 0 Å². The molecule has 3 aromatic rings. The summed E-state index contributed by atoms with van der Waals surface area (Å²) in [7, 11) is 4.12. The Morgan fingerprint density at radius 1 is 0.875 bits per heavy atom. The monoisotopic (exact) mass is 317 g/mol. The van der Waals surface area contributed by atoms with Gasteiger partial charge in [0.2, 0.25) is 0 Å². The third-order valence-electron chi connectivity index (χ3n) is 3.86. The molecule has 0 N–H and O–H groups in total. The van der Waals surface area contributed by atoms with Gasteiger partial charge in [0.25, 0.3) is 0 Å². The van der Waals surface area contributed by atoms with Crippen molar-refractivity contribution in [2.45, 2.75) is 19.9 Å². The average Bonchev–Trinajstić information content (AvgIpc) is 2.55. The van der Waals surface area contributed by atoms with Crippen molar-refractivity contribution in [1.29, 1.82) is 0 Å². The van der Waals surface area contributed by atoms with Crippen LogP contribution in [0, 0.1) is 6.92 Å². The highest BCUT2D eigenvalue weighted by Crippen LogP contribution is 2.20. The third kappa shape index (κ3) is 4.27. The van der Waals surface area contributed by atoms with Crippen LogP contribution in [0.15, 0.2) is 60.7 Å². The van der Waals surface area contributed by atoms with Crippen LogP contribution in [0.1, 0.15) is 22.6 Å². The number of benzene rings is 2. The lowest BCUT2D eigenvalue weighted by Gasteiger charge is -2.12. The smallest absolute Gasteiger partial charge is 0.133 e. The molecule has 3 nitrogen and oxygen atoms in total. The summed E-state index contributed by atoms with van der Waals surface area (Å²) in [4.78, 5) is 11.7. The van der Waals surface area contributed by atoms with Gasteiger partial charge in [-0.05, 0) is 32.6 Å². The number of aromatic nitrogens is 2. The molecule has 0 radical (unpaired) electrons. The summed E-state index contributed by atoms with van der Waals surface area (Å²) in [6.07, 6.45) is 0.751. The number of aryl methyl sites for hydroxylation is 1. The summed E-state index contributed by atoms with van der Waals surface area (Å²) in [5.74, 6) is 0.871. The molecule has 24 heavy (non-hydrogen) atoms. The molecule has 1 heterocycles. The number of hydrogen-bond acceptors (Lipinski definition) is 3. The largest absolute Gasteiger partial charge is 0.304 e. The van der Waals surface area contributed by atoms with Crippen molar-refractivity contribution in [2.75, 3.05) is 14.1 Å². The number of rotatable bonds is 5. The predicted octanol–water partition coefficient (Wildman–Crippen LogP) is 4.10. The lowest BCUT2D eigenvalue weighted by atomic mass is 10.1. The first kappa shape index (κ1) is 16.3. The molecule has 3 heteroatoms. The van der Waals surface area contributed by atoms with Gasteiger partial charge in [0.1, 0.15) is 5.82 Å². The second-order valence-electron chi connectivity index (χ2n) is 6.43. The summed E-state index contributed by atoms with van der Waals surface area (Å²) < 4.78 is 0. The van der Waals surface area contributed by atoms with E-state index in [9.17, 15) is 0 Å². The van der Waals surface area contributed by atoms with E-state index in [0.29, 0.717) is 0 Å². The molecular weight excluding hydrogens is 294 g/mol. The lowest BCUT2D eigenvalue weighted by Crippen LogP contribution is -2.13. The summed E-state index contributed by atoms with van der Waals surface area (Å²) in [5.41, 5.74) is 5.67. The highest BCUT2D eigenvalue weighted by molar-refractivity contribution is 5.59. The van der Waals surface area contributed by atoms with Crippen molar-refractivity contribution in [3.63, 3.8) is 0 Å². The molecule has 0 saturated carbocycles. The molecule has 0 fully saturated rings. The molecule has 0 aliphatic carbocycles. The summed E-state index contributed by atoms with van der Waals surface area (Å²) in [6.45, 7) is 2.91. The van der Waals surface area contributed by atoms with Crippen LogP contribution in [-0.2, 0) is 13.0 Å². The standard InChI is InChI=1S/C21H23N3/c1-16-9-11-18(12-10-16)20-14-19(15-24(2)3)22-21(23-20)13-17-7-5-4-6-8-17/h4-12,14H,13,15H2,1-3H3. The van der Waals surface area contributed by atoms with Gasteiger partial charge in [-0.3, -0.25) is 0 Å². The van der Waals surface area contributed by atoms with Gasteiger partial charge in [-0.25, -0.2) is 9.97 Å². The Balaban J connectivity index is 1.98. The fourth-order valence-electron chi connectivity index (χ4n) is 2.69. The van der Waals surface area contributed by atoms with E-state index < -0.39 is 0 Å². The molecule has 0 atom stereocenters. The maximum atomic E-state index is 4.81. The quantitative estimate of drug-likeness (QED) is 0.709. The second kappa shape index (κ2) is 7.37. The van der Waals surface area contributed by atoms with E-state index in [-0.39, 0.29) is 0 Å². The average molecular weight is 317 g/mol. The minimum Gasteiger partial charge on any atom is -0.304 e. The Hall–Kier alpha value is -2.52. The molecule has 2 aromatic carbocycles. The van der Waals surface area contributed by atoms with E-state index in [1.165, 1.54) is 11.1 Å². The Morgan fingerprint density at radius 3 is 2.25 bits per heavy atom. The second-order valence-corrected chi connectivity index (χ2v) is 6.43. The zero-order valence-electron chi connectivity index (χ0n) is 14.5. The summed E-state index contributed by atoms with van der Waals surface area (Å²) in [5, 5.41) is 0. The van der Waals surface area contributed by atoms with E-state index >= 15 is 0 Å². The molecule has 0 aliphatic rings. The normalized spacial score (nSPS) is 11.0. The van der Waals surface area contributed by atoms with Crippen molar-refractivity contribution in [3.05, 3.63) is 83.3 Å². The Kier molecular flexibility index (Phi) is 5.02. The Bertz CT molecular complexity index is 793. The van der Waals surface area contributed by atoms with E-state index in [0.717, 1.165) is 35.7 Å². The van der Waals surface area contributed by atoms with Gasteiger partial charge in [0.05, 0.1) is 11.4 Å². The van der Waals surface area contributed by atoms with Gasteiger partial charge < -0.3 is 4.90 Å². The first-order valence-corrected chi connectivity index (χ1v) is 8.23. The van der Waals surface area contributed by atoms with Crippen LogP contribution in [-0.4, -0.2) is 29.0 Å². The van der Waals surface area contributed by atoms with Gasteiger partial charge in [-0.15, -0.1) is 0 Å². The molecule has 0 spiro atoms. The topological polar surface area (TPSA) is 29.0 Å². The fourth-order valence-corrected chi connectivity index (χ4v) is 2.69. The minimum atomic E-state index is 0.751. The Labute approximate surface area is 144 Å². The number of hydrogen-bond donors (Lipinski definition) is 0. The van der Waals surface area contributed by atoms with Gasteiger partial charge >= 0.3 is 0 Å². The molecule has 0 aliphatic heterocycles. The van der Waals surface area contributed by atoms with Crippen molar-refractivity contribution in [3.8, 4) is 11.3 Å². The highest BCUT2D eigenvalue weighted by Gasteiger charge is 2.08. The molecule has 0 saturated heterocycles. The van der Waals surface area contributed by atoms with Crippen LogP contribution in [0.5, 0.6) is 0 Å². The first-order valence-electron chi connectivity index (χ1n) is 8.23. The van der Waals surface area contributed by atoms with Crippen molar-refractivity contribution in [2.24, 2.45) is 0 Å². The molecule has 122 valence electrons.